The van der Waals surface area contributed by atoms with Crippen molar-refractivity contribution in [1.82, 2.24) is 0 Å². The Labute approximate surface area is 128 Å². The van der Waals surface area contributed by atoms with Crippen LogP contribution in [0.25, 0.3) is 0 Å². The maximum absolute atomic E-state index is 12.5. The van der Waals surface area contributed by atoms with Gasteiger partial charge in [0, 0.05) is 30.6 Å². The van der Waals surface area contributed by atoms with Gasteiger partial charge in [-0.15, -0.1) is 0 Å². The topological polar surface area (TPSA) is 20.3 Å². The van der Waals surface area contributed by atoms with Crippen molar-refractivity contribution in [2.75, 3.05) is 18.0 Å². The van der Waals surface area contributed by atoms with Gasteiger partial charge >= 0.3 is 0 Å². The van der Waals surface area contributed by atoms with E-state index in [0.717, 1.165) is 45.2 Å². The Balaban J connectivity index is 1.79. The van der Waals surface area contributed by atoms with Crippen LogP contribution in [0.1, 0.15) is 52.4 Å². The van der Waals surface area contributed by atoms with E-state index in [4.69, 9.17) is 0 Å². The second-order valence-corrected chi connectivity index (χ2v) is 7.09. The minimum atomic E-state index is -0.0368. The molecular formula is C19H27NO. The molecule has 2 fully saturated rings. The summed E-state index contributed by atoms with van der Waals surface area (Å²) in [5.41, 5.74) is 1.67. The first-order chi connectivity index (χ1) is 10.1. The molecule has 0 bridgehead atoms. The van der Waals surface area contributed by atoms with Gasteiger partial charge in [-0.1, -0.05) is 32.0 Å². The van der Waals surface area contributed by atoms with E-state index >= 15 is 0 Å². The third-order valence-electron chi connectivity index (χ3n) is 6.10. The highest BCUT2D eigenvalue weighted by Crippen LogP contribution is 2.52. The quantitative estimate of drug-likeness (QED) is 0.818. The maximum Gasteiger partial charge on any atom is 0.139 e. The number of nitrogens with zero attached hydrogens (tertiary/aromatic N) is 1. The number of anilines is 1. The number of hydrogen-bond donors (Lipinski definition) is 0. The van der Waals surface area contributed by atoms with E-state index < -0.39 is 0 Å². The fourth-order valence-electron chi connectivity index (χ4n) is 4.59. The number of para-hydroxylation sites is 1. The second kappa shape index (κ2) is 5.47. The van der Waals surface area contributed by atoms with Crippen molar-refractivity contribution in [1.29, 1.82) is 0 Å². The van der Waals surface area contributed by atoms with Crippen LogP contribution < -0.4 is 4.90 Å². The molecule has 0 radical (unpaired) electrons. The molecule has 1 heterocycles. The summed E-state index contributed by atoms with van der Waals surface area (Å²) in [6, 6.07) is 10.7. The van der Waals surface area contributed by atoms with Crippen LogP contribution in [-0.2, 0) is 4.79 Å². The Morgan fingerprint density at radius 3 is 2.48 bits per heavy atom. The van der Waals surface area contributed by atoms with Gasteiger partial charge < -0.3 is 4.90 Å². The summed E-state index contributed by atoms with van der Waals surface area (Å²) >= 11 is 0. The molecular weight excluding hydrogens is 258 g/mol. The monoisotopic (exact) mass is 285 g/mol. The van der Waals surface area contributed by atoms with Crippen molar-refractivity contribution in [3.63, 3.8) is 0 Å². The fraction of sp³-hybridized carbons (Fsp3) is 0.632. The lowest BCUT2D eigenvalue weighted by atomic mass is 9.59. The summed E-state index contributed by atoms with van der Waals surface area (Å²) in [6.07, 6.45) is 6.26. The molecule has 114 valence electrons. The molecule has 1 saturated heterocycles. The molecule has 1 spiro atoms. The number of hydrogen-bond acceptors (Lipinski definition) is 2. The van der Waals surface area contributed by atoms with Gasteiger partial charge in [0.1, 0.15) is 5.78 Å². The average molecular weight is 285 g/mol. The molecule has 1 aliphatic carbocycles. The lowest BCUT2D eigenvalue weighted by Gasteiger charge is -2.44. The smallest absolute Gasteiger partial charge is 0.139 e. The highest BCUT2D eigenvalue weighted by Gasteiger charge is 2.50. The zero-order valence-electron chi connectivity index (χ0n) is 13.4. The lowest BCUT2D eigenvalue weighted by Crippen LogP contribution is -2.43. The largest absolute Gasteiger partial charge is 0.371 e. The van der Waals surface area contributed by atoms with Crippen molar-refractivity contribution in [2.24, 2.45) is 10.8 Å². The highest BCUT2D eigenvalue weighted by atomic mass is 16.1. The Morgan fingerprint density at radius 2 is 1.81 bits per heavy atom. The molecule has 1 aliphatic heterocycles. The van der Waals surface area contributed by atoms with Crippen LogP contribution in [0.2, 0.25) is 0 Å². The Bertz CT molecular complexity index is 506. The number of carbonyl (C=O) groups excluding carboxylic acids is 1. The first-order valence-electron chi connectivity index (χ1n) is 8.46. The van der Waals surface area contributed by atoms with Crippen LogP contribution in [0.4, 0.5) is 5.69 Å². The zero-order valence-corrected chi connectivity index (χ0v) is 13.4. The summed E-state index contributed by atoms with van der Waals surface area (Å²) in [5, 5.41) is 0. The van der Waals surface area contributed by atoms with E-state index in [1.54, 1.807) is 0 Å². The van der Waals surface area contributed by atoms with Gasteiger partial charge in [0.05, 0.1) is 0 Å². The molecule has 1 aromatic carbocycles. The predicted molar refractivity (Wildman–Crippen MR) is 87.6 cm³/mol. The molecule has 1 unspecified atom stereocenters. The van der Waals surface area contributed by atoms with Gasteiger partial charge in [-0.25, -0.2) is 0 Å². The Hall–Kier alpha value is -1.31. The Morgan fingerprint density at radius 1 is 1.10 bits per heavy atom. The summed E-state index contributed by atoms with van der Waals surface area (Å²) < 4.78 is 0. The van der Waals surface area contributed by atoms with Gasteiger partial charge in [-0.2, -0.15) is 0 Å². The molecule has 2 aliphatic rings. The molecule has 2 nitrogen and oxygen atoms in total. The van der Waals surface area contributed by atoms with Gasteiger partial charge in [0.15, 0.2) is 0 Å². The van der Waals surface area contributed by atoms with Crippen molar-refractivity contribution in [2.45, 2.75) is 52.4 Å². The average Bonchev–Trinajstić information content (AvgIpc) is 2.95. The number of benzene rings is 1. The summed E-state index contributed by atoms with van der Waals surface area (Å²) in [4.78, 5) is 15.0. The van der Waals surface area contributed by atoms with Crippen molar-refractivity contribution in [3.8, 4) is 0 Å². The first kappa shape index (κ1) is 14.6. The van der Waals surface area contributed by atoms with E-state index in [9.17, 15) is 4.79 Å². The van der Waals surface area contributed by atoms with Crippen LogP contribution in [0.5, 0.6) is 0 Å². The van der Waals surface area contributed by atoms with E-state index in [1.807, 2.05) is 0 Å². The summed E-state index contributed by atoms with van der Waals surface area (Å²) in [5.74, 6) is 0.524. The molecule has 0 amide bonds. The summed E-state index contributed by atoms with van der Waals surface area (Å²) in [7, 11) is 0. The van der Waals surface area contributed by atoms with Crippen LogP contribution >= 0.6 is 0 Å². The van der Waals surface area contributed by atoms with E-state index in [-0.39, 0.29) is 5.41 Å². The van der Waals surface area contributed by atoms with Crippen LogP contribution in [0, 0.1) is 10.8 Å². The molecule has 1 saturated carbocycles. The van der Waals surface area contributed by atoms with E-state index in [1.165, 1.54) is 12.1 Å². The van der Waals surface area contributed by atoms with E-state index in [0.29, 0.717) is 11.2 Å². The SMILES string of the molecule is CCC1(CC)CC2(CCC1=O)CCN(c1ccccc1)C2. The third kappa shape index (κ3) is 2.49. The maximum atomic E-state index is 12.5. The molecule has 1 aromatic rings. The third-order valence-corrected chi connectivity index (χ3v) is 6.10. The standard InChI is InChI=1S/C19H27NO/c1-3-19(4-2)14-18(11-10-17(19)21)12-13-20(15-18)16-8-6-5-7-9-16/h5-9H,3-4,10-15H2,1-2H3. The van der Waals surface area contributed by atoms with Crippen LogP contribution in [0.3, 0.4) is 0 Å². The molecule has 0 N–H and O–H groups in total. The van der Waals surface area contributed by atoms with Crippen LogP contribution in [-0.4, -0.2) is 18.9 Å². The molecule has 21 heavy (non-hydrogen) atoms. The minimum Gasteiger partial charge on any atom is -0.371 e. The van der Waals surface area contributed by atoms with Gasteiger partial charge in [-0.05, 0) is 49.7 Å². The Kier molecular flexibility index (Phi) is 3.81. The van der Waals surface area contributed by atoms with Crippen molar-refractivity contribution in [3.05, 3.63) is 30.3 Å². The summed E-state index contributed by atoms with van der Waals surface area (Å²) in [6.45, 7) is 6.67. The zero-order chi connectivity index (χ0) is 14.9. The first-order valence-corrected chi connectivity index (χ1v) is 8.46. The van der Waals surface area contributed by atoms with Crippen molar-refractivity contribution >= 4 is 11.5 Å². The van der Waals surface area contributed by atoms with Gasteiger partial charge in [-0.3, -0.25) is 4.79 Å². The normalized spacial score (nSPS) is 28.3. The molecule has 2 heteroatoms. The molecule has 3 rings (SSSR count). The van der Waals surface area contributed by atoms with Gasteiger partial charge in [0.2, 0.25) is 0 Å². The number of Topliss-reactive ketones (excluding diaryl/α,β-unsaturated/α-hetero) is 1. The number of carbonyl (C=O) groups is 1. The predicted octanol–water partition coefficient (Wildman–Crippen LogP) is 4.44. The van der Waals surface area contributed by atoms with Crippen LogP contribution in [0.15, 0.2) is 30.3 Å². The van der Waals surface area contributed by atoms with Gasteiger partial charge in [0.25, 0.3) is 0 Å². The van der Waals surface area contributed by atoms with E-state index in [2.05, 4.69) is 49.1 Å². The minimum absolute atomic E-state index is 0.0368. The fourth-order valence-corrected chi connectivity index (χ4v) is 4.59. The second-order valence-electron chi connectivity index (χ2n) is 7.09. The van der Waals surface area contributed by atoms with Crippen molar-refractivity contribution < 1.29 is 4.79 Å². The highest BCUT2D eigenvalue weighted by molar-refractivity contribution is 5.85. The lowest BCUT2D eigenvalue weighted by molar-refractivity contribution is -0.136. The number of rotatable bonds is 3. The number of ketones is 1. The molecule has 0 aromatic heterocycles. The molecule has 1 atom stereocenters.